The van der Waals surface area contributed by atoms with Crippen LogP contribution < -0.4 is 5.73 Å². The lowest BCUT2D eigenvalue weighted by atomic mass is 10.0. The molecule has 88 valence electrons. The predicted octanol–water partition coefficient (Wildman–Crippen LogP) is 3.71. The number of aryl methyl sites for hydroxylation is 2. The molecule has 0 saturated heterocycles. The first-order chi connectivity index (χ1) is 7.66. The van der Waals surface area contributed by atoms with Gasteiger partial charge in [-0.1, -0.05) is 23.7 Å². The van der Waals surface area contributed by atoms with Gasteiger partial charge in [-0.3, -0.25) is 0 Å². The fraction of sp³-hybridized carbons (Fsp3) is 0.571. The topological polar surface area (TPSA) is 26.0 Å². The molecule has 2 rings (SSSR count). The van der Waals surface area contributed by atoms with E-state index in [9.17, 15) is 0 Å². The van der Waals surface area contributed by atoms with Gasteiger partial charge in [0.15, 0.2) is 0 Å². The molecule has 2 heteroatoms. The summed E-state index contributed by atoms with van der Waals surface area (Å²) >= 11 is 6.19. The Labute approximate surface area is 103 Å². The fourth-order valence-corrected chi connectivity index (χ4v) is 2.47. The second-order valence-corrected chi connectivity index (χ2v) is 5.40. The lowest BCUT2D eigenvalue weighted by Gasteiger charge is -2.10. The van der Waals surface area contributed by atoms with Gasteiger partial charge in [0.2, 0.25) is 0 Å². The minimum Gasteiger partial charge on any atom is -0.327 e. The lowest BCUT2D eigenvalue weighted by molar-refractivity contribution is 0.528. The molecule has 0 spiro atoms. The van der Waals surface area contributed by atoms with Gasteiger partial charge in [-0.2, -0.15) is 0 Å². The highest BCUT2D eigenvalue weighted by atomic mass is 35.5. The SMILES string of the molecule is Cc1ccc(CCCC(N)C2CC2)c(Cl)c1. The highest BCUT2D eigenvalue weighted by Crippen LogP contribution is 2.33. The van der Waals surface area contributed by atoms with Crippen LogP contribution in [0.4, 0.5) is 0 Å². The van der Waals surface area contributed by atoms with E-state index in [1.54, 1.807) is 0 Å². The Hall–Kier alpha value is -0.530. The van der Waals surface area contributed by atoms with E-state index in [1.807, 2.05) is 6.07 Å². The Kier molecular flexibility index (Phi) is 3.88. The summed E-state index contributed by atoms with van der Waals surface area (Å²) < 4.78 is 0. The van der Waals surface area contributed by atoms with Crippen LogP contribution in [0.1, 0.15) is 36.8 Å². The van der Waals surface area contributed by atoms with Crippen LogP contribution in [-0.4, -0.2) is 6.04 Å². The number of halogens is 1. The van der Waals surface area contributed by atoms with Gasteiger partial charge < -0.3 is 5.73 Å². The summed E-state index contributed by atoms with van der Waals surface area (Å²) in [5.41, 5.74) is 8.56. The summed E-state index contributed by atoms with van der Waals surface area (Å²) in [6, 6.07) is 6.73. The first-order valence-electron chi connectivity index (χ1n) is 6.17. The van der Waals surface area contributed by atoms with Crippen molar-refractivity contribution in [2.24, 2.45) is 11.7 Å². The summed E-state index contributed by atoms with van der Waals surface area (Å²) in [5.74, 6) is 0.813. The molecule has 1 saturated carbocycles. The van der Waals surface area contributed by atoms with E-state index in [0.29, 0.717) is 6.04 Å². The summed E-state index contributed by atoms with van der Waals surface area (Å²) in [6.45, 7) is 2.07. The third kappa shape index (κ3) is 3.23. The lowest BCUT2D eigenvalue weighted by Crippen LogP contribution is -2.22. The average molecular weight is 238 g/mol. The van der Waals surface area contributed by atoms with Gasteiger partial charge in [-0.25, -0.2) is 0 Å². The Bertz CT molecular complexity index is 358. The number of hydrogen-bond acceptors (Lipinski definition) is 1. The van der Waals surface area contributed by atoms with E-state index < -0.39 is 0 Å². The monoisotopic (exact) mass is 237 g/mol. The van der Waals surface area contributed by atoms with E-state index in [0.717, 1.165) is 30.2 Å². The Morgan fingerprint density at radius 3 is 2.81 bits per heavy atom. The Morgan fingerprint density at radius 2 is 2.19 bits per heavy atom. The van der Waals surface area contributed by atoms with E-state index >= 15 is 0 Å². The molecular formula is C14H20ClN. The minimum absolute atomic E-state index is 0.421. The van der Waals surface area contributed by atoms with Crippen LogP contribution in [0.5, 0.6) is 0 Å². The summed E-state index contributed by atoms with van der Waals surface area (Å²) in [4.78, 5) is 0. The van der Waals surface area contributed by atoms with Crippen LogP contribution >= 0.6 is 11.6 Å². The van der Waals surface area contributed by atoms with Crippen LogP contribution in [-0.2, 0) is 6.42 Å². The summed E-state index contributed by atoms with van der Waals surface area (Å²) in [7, 11) is 0. The second-order valence-electron chi connectivity index (χ2n) is 4.99. The van der Waals surface area contributed by atoms with Crippen molar-refractivity contribution in [2.45, 2.75) is 45.1 Å². The van der Waals surface area contributed by atoms with Gasteiger partial charge in [0.25, 0.3) is 0 Å². The first-order valence-corrected chi connectivity index (χ1v) is 6.55. The second kappa shape index (κ2) is 5.20. The summed E-state index contributed by atoms with van der Waals surface area (Å²) in [5, 5.41) is 0.903. The average Bonchev–Trinajstić information content (AvgIpc) is 3.04. The van der Waals surface area contributed by atoms with Crippen molar-refractivity contribution in [1.82, 2.24) is 0 Å². The van der Waals surface area contributed by atoms with Crippen LogP contribution in [0.25, 0.3) is 0 Å². The molecule has 0 radical (unpaired) electrons. The number of nitrogens with two attached hydrogens (primary N) is 1. The largest absolute Gasteiger partial charge is 0.327 e. The van der Waals surface area contributed by atoms with Crippen LogP contribution in [0.15, 0.2) is 18.2 Å². The molecule has 0 bridgehead atoms. The molecule has 0 aliphatic heterocycles. The van der Waals surface area contributed by atoms with Crippen molar-refractivity contribution in [2.75, 3.05) is 0 Å². The molecule has 1 unspecified atom stereocenters. The van der Waals surface area contributed by atoms with Crippen molar-refractivity contribution in [3.8, 4) is 0 Å². The first kappa shape index (κ1) is 11.9. The summed E-state index contributed by atoms with van der Waals surface area (Å²) in [6.07, 6.45) is 6.02. The molecule has 1 atom stereocenters. The smallest absolute Gasteiger partial charge is 0.0440 e. The third-order valence-corrected chi connectivity index (χ3v) is 3.77. The number of benzene rings is 1. The van der Waals surface area contributed by atoms with Gasteiger partial charge in [0.05, 0.1) is 0 Å². The van der Waals surface area contributed by atoms with E-state index in [4.69, 9.17) is 17.3 Å². The highest BCUT2D eigenvalue weighted by molar-refractivity contribution is 6.31. The van der Waals surface area contributed by atoms with Crippen LogP contribution in [0.3, 0.4) is 0 Å². The van der Waals surface area contributed by atoms with Crippen LogP contribution in [0.2, 0.25) is 5.02 Å². The molecule has 1 aromatic carbocycles. The molecule has 1 aliphatic carbocycles. The maximum atomic E-state index is 6.19. The molecule has 16 heavy (non-hydrogen) atoms. The quantitative estimate of drug-likeness (QED) is 0.830. The van der Waals surface area contributed by atoms with E-state index in [1.165, 1.54) is 24.0 Å². The maximum absolute atomic E-state index is 6.19. The zero-order chi connectivity index (χ0) is 11.5. The van der Waals surface area contributed by atoms with Gasteiger partial charge >= 0.3 is 0 Å². The molecule has 1 aromatic rings. The maximum Gasteiger partial charge on any atom is 0.0440 e. The van der Waals surface area contributed by atoms with Gasteiger partial charge in [-0.05, 0) is 62.1 Å². The Morgan fingerprint density at radius 1 is 1.44 bits per heavy atom. The molecular weight excluding hydrogens is 218 g/mol. The standard InChI is InChI=1S/C14H20ClN/c1-10-5-6-11(13(15)9-10)3-2-4-14(16)12-7-8-12/h5-6,9,12,14H,2-4,7-8,16H2,1H3. The van der Waals surface area contributed by atoms with Gasteiger partial charge in [0, 0.05) is 11.1 Å². The van der Waals surface area contributed by atoms with Crippen molar-refractivity contribution < 1.29 is 0 Å². The number of hydrogen-bond donors (Lipinski definition) is 1. The Balaban J connectivity index is 1.80. The van der Waals surface area contributed by atoms with Crippen LogP contribution in [0, 0.1) is 12.8 Å². The van der Waals surface area contributed by atoms with E-state index in [2.05, 4.69) is 19.1 Å². The van der Waals surface area contributed by atoms with Crippen molar-refractivity contribution in [1.29, 1.82) is 0 Å². The number of rotatable bonds is 5. The predicted molar refractivity (Wildman–Crippen MR) is 69.8 cm³/mol. The van der Waals surface area contributed by atoms with Crippen molar-refractivity contribution >= 4 is 11.6 Å². The molecule has 0 aromatic heterocycles. The molecule has 0 heterocycles. The fourth-order valence-electron chi connectivity index (χ4n) is 2.14. The normalized spacial score (nSPS) is 17.4. The zero-order valence-corrected chi connectivity index (χ0v) is 10.6. The highest BCUT2D eigenvalue weighted by Gasteiger charge is 2.27. The minimum atomic E-state index is 0.421. The molecule has 1 fully saturated rings. The molecule has 1 aliphatic rings. The molecule has 0 amide bonds. The molecule has 2 N–H and O–H groups in total. The van der Waals surface area contributed by atoms with Crippen molar-refractivity contribution in [3.63, 3.8) is 0 Å². The molecule has 1 nitrogen and oxygen atoms in total. The van der Waals surface area contributed by atoms with Gasteiger partial charge in [-0.15, -0.1) is 0 Å². The van der Waals surface area contributed by atoms with Crippen molar-refractivity contribution in [3.05, 3.63) is 34.3 Å². The van der Waals surface area contributed by atoms with Gasteiger partial charge in [0.1, 0.15) is 0 Å². The zero-order valence-electron chi connectivity index (χ0n) is 9.88. The van der Waals surface area contributed by atoms with E-state index in [-0.39, 0.29) is 0 Å². The third-order valence-electron chi connectivity index (χ3n) is 3.42.